The molecule has 0 aromatic heterocycles. The first-order valence-corrected chi connectivity index (χ1v) is 8.64. The Labute approximate surface area is 136 Å². The summed E-state index contributed by atoms with van der Waals surface area (Å²) in [7, 11) is -3.99. The van der Waals surface area contributed by atoms with E-state index in [0.717, 1.165) is 5.56 Å². The van der Waals surface area contributed by atoms with Gasteiger partial charge in [-0.25, -0.2) is 0 Å². The molecule has 1 aromatic carbocycles. The van der Waals surface area contributed by atoms with Crippen LogP contribution in [0.25, 0.3) is 0 Å². The fourth-order valence-corrected chi connectivity index (χ4v) is 2.94. The number of carbonyl (C=O) groups is 1. The zero-order valence-corrected chi connectivity index (χ0v) is 14.3. The Morgan fingerprint density at radius 1 is 1.00 bits per heavy atom. The molecule has 0 bridgehead atoms. The second kappa shape index (κ2) is 6.50. The molecule has 0 spiro atoms. The van der Waals surface area contributed by atoms with E-state index < -0.39 is 10.1 Å². The summed E-state index contributed by atoms with van der Waals surface area (Å²) in [4.78, 5) is 11.4. The third-order valence-corrected chi connectivity index (χ3v) is 4.65. The summed E-state index contributed by atoms with van der Waals surface area (Å²) in [5.41, 5.74) is 2.53. The Morgan fingerprint density at radius 3 is 2.00 bits per heavy atom. The summed E-state index contributed by atoms with van der Waals surface area (Å²) < 4.78 is 29.2. The quantitative estimate of drug-likeness (QED) is 0.626. The van der Waals surface area contributed by atoms with Crippen molar-refractivity contribution >= 4 is 21.6 Å². The predicted molar refractivity (Wildman–Crippen MR) is 88.8 cm³/mol. The fraction of sp³-hybridized carbons (Fsp3) is 0.294. The van der Waals surface area contributed by atoms with Crippen LogP contribution in [-0.2, 0) is 19.2 Å². The van der Waals surface area contributed by atoms with Crippen molar-refractivity contribution in [2.45, 2.75) is 38.5 Å². The molecule has 0 radical (unpaired) electrons. The Balaban J connectivity index is 2.25. The molecule has 0 aliphatic heterocycles. The maximum Gasteiger partial charge on any atom is 0.358 e. The SMILES string of the molecule is CC1=CC(=O)C=C(C)C1=NOS(=O)(=O)c1ccc(C(C)C)cc1. The van der Waals surface area contributed by atoms with E-state index in [1.807, 2.05) is 13.8 Å². The number of allylic oxidation sites excluding steroid dienone is 4. The lowest BCUT2D eigenvalue weighted by Crippen LogP contribution is -2.13. The lowest BCUT2D eigenvalue weighted by molar-refractivity contribution is -0.110. The molecule has 122 valence electrons. The lowest BCUT2D eigenvalue weighted by atomic mass is 9.98. The van der Waals surface area contributed by atoms with E-state index in [4.69, 9.17) is 4.28 Å². The first-order chi connectivity index (χ1) is 10.7. The molecular weight excluding hydrogens is 314 g/mol. The highest BCUT2D eigenvalue weighted by Gasteiger charge is 2.19. The highest BCUT2D eigenvalue weighted by atomic mass is 32.2. The molecule has 0 saturated carbocycles. The highest BCUT2D eigenvalue weighted by Crippen LogP contribution is 2.20. The molecule has 2 rings (SSSR count). The summed E-state index contributed by atoms with van der Waals surface area (Å²) in [5.74, 6) is 0.166. The van der Waals surface area contributed by atoms with Crippen LogP contribution >= 0.6 is 0 Å². The molecule has 1 aliphatic rings. The number of nitrogens with zero attached hydrogens (tertiary/aromatic N) is 1. The van der Waals surface area contributed by atoms with Gasteiger partial charge in [0.2, 0.25) is 0 Å². The number of rotatable bonds is 4. The van der Waals surface area contributed by atoms with Gasteiger partial charge in [-0.1, -0.05) is 31.1 Å². The Bertz CT molecular complexity index is 789. The minimum absolute atomic E-state index is 0.0430. The first-order valence-electron chi connectivity index (χ1n) is 7.23. The van der Waals surface area contributed by atoms with Crippen LogP contribution in [0, 0.1) is 0 Å². The summed E-state index contributed by atoms with van der Waals surface area (Å²) in [5, 5.41) is 3.73. The van der Waals surface area contributed by atoms with Crippen molar-refractivity contribution < 1.29 is 17.5 Å². The highest BCUT2D eigenvalue weighted by molar-refractivity contribution is 7.86. The number of benzene rings is 1. The van der Waals surface area contributed by atoms with Crippen molar-refractivity contribution in [3.8, 4) is 0 Å². The average molecular weight is 333 g/mol. The second-order valence-electron chi connectivity index (χ2n) is 5.75. The van der Waals surface area contributed by atoms with Gasteiger partial charge in [-0.15, -0.1) is 0 Å². The third-order valence-electron chi connectivity index (χ3n) is 3.53. The molecule has 0 atom stereocenters. The summed E-state index contributed by atoms with van der Waals surface area (Å²) >= 11 is 0. The van der Waals surface area contributed by atoms with E-state index in [9.17, 15) is 13.2 Å². The van der Waals surface area contributed by atoms with Gasteiger partial charge in [0.1, 0.15) is 10.6 Å². The molecular formula is C17H19NO4S. The maximum atomic E-state index is 12.2. The van der Waals surface area contributed by atoms with Gasteiger partial charge in [0.15, 0.2) is 5.78 Å². The molecule has 0 fully saturated rings. The van der Waals surface area contributed by atoms with Crippen molar-refractivity contribution in [3.63, 3.8) is 0 Å². The average Bonchev–Trinajstić information content (AvgIpc) is 2.46. The van der Waals surface area contributed by atoms with E-state index in [1.54, 1.807) is 26.0 Å². The third kappa shape index (κ3) is 3.96. The van der Waals surface area contributed by atoms with Gasteiger partial charge < -0.3 is 0 Å². The van der Waals surface area contributed by atoms with Crippen LogP contribution < -0.4 is 0 Å². The van der Waals surface area contributed by atoms with E-state index in [1.165, 1.54) is 24.3 Å². The van der Waals surface area contributed by atoms with Crippen LogP contribution in [0.4, 0.5) is 0 Å². The van der Waals surface area contributed by atoms with E-state index in [0.29, 0.717) is 22.8 Å². The van der Waals surface area contributed by atoms with Gasteiger partial charge in [-0.2, -0.15) is 8.42 Å². The smallest absolute Gasteiger partial charge is 0.290 e. The van der Waals surface area contributed by atoms with Crippen LogP contribution in [0.3, 0.4) is 0 Å². The van der Waals surface area contributed by atoms with Crippen molar-refractivity contribution in [2.24, 2.45) is 5.16 Å². The zero-order valence-electron chi connectivity index (χ0n) is 13.5. The van der Waals surface area contributed by atoms with Gasteiger partial charge in [-0.3, -0.25) is 9.08 Å². The van der Waals surface area contributed by atoms with Crippen LogP contribution in [-0.4, -0.2) is 19.9 Å². The van der Waals surface area contributed by atoms with Crippen molar-refractivity contribution in [3.05, 3.63) is 53.1 Å². The summed E-state index contributed by atoms with van der Waals surface area (Å²) in [6.07, 6.45) is 2.78. The lowest BCUT2D eigenvalue weighted by Gasteiger charge is -2.11. The largest absolute Gasteiger partial charge is 0.358 e. The number of hydrogen-bond donors (Lipinski definition) is 0. The molecule has 0 amide bonds. The van der Waals surface area contributed by atoms with Crippen LogP contribution in [0.5, 0.6) is 0 Å². The molecule has 23 heavy (non-hydrogen) atoms. The molecule has 1 aliphatic carbocycles. The van der Waals surface area contributed by atoms with E-state index >= 15 is 0 Å². The van der Waals surface area contributed by atoms with E-state index in [-0.39, 0.29) is 10.7 Å². The van der Waals surface area contributed by atoms with Crippen LogP contribution in [0.15, 0.2) is 57.6 Å². The predicted octanol–water partition coefficient (Wildman–Crippen LogP) is 3.35. The van der Waals surface area contributed by atoms with Crippen molar-refractivity contribution in [1.82, 2.24) is 0 Å². The maximum absolute atomic E-state index is 12.2. The minimum atomic E-state index is -3.99. The second-order valence-corrected chi connectivity index (χ2v) is 7.28. The molecule has 5 nitrogen and oxygen atoms in total. The number of hydrogen-bond acceptors (Lipinski definition) is 5. The Morgan fingerprint density at radius 2 is 1.52 bits per heavy atom. The van der Waals surface area contributed by atoms with Crippen LogP contribution in [0.1, 0.15) is 39.2 Å². The first kappa shape index (κ1) is 17.1. The normalized spacial score (nSPS) is 15.3. The molecule has 0 N–H and O–H groups in total. The number of carbonyl (C=O) groups excluding carboxylic acids is 1. The Hall–Kier alpha value is -2.21. The number of oxime groups is 1. The standard InChI is InChI=1S/C17H19NO4S/c1-11(2)14-5-7-16(8-6-14)23(20,21)22-18-17-12(3)9-15(19)10-13(17)4/h5-11H,1-4H3. The van der Waals surface area contributed by atoms with E-state index in [2.05, 4.69) is 5.16 Å². The van der Waals surface area contributed by atoms with Gasteiger partial charge in [0.25, 0.3) is 0 Å². The molecule has 0 heterocycles. The Kier molecular flexibility index (Phi) is 4.85. The number of ketones is 1. The monoisotopic (exact) mass is 333 g/mol. The van der Waals surface area contributed by atoms with Gasteiger partial charge in [-0.05, 0) is 60.8 Å². The summed E-state index contributed by atoms with van der Waals surface area (Å²) in [6, 6.07) is 6.51. The molecule has 1 aromatic rings. The van der Waals surface area contributed by atoms with Gasteiger partial charge >= 0.3 is 10.1 Å². The molecule has 0 unspecified atom stereocenters. The minimum Gasteiger partial charge on any atom is -0.290 e. The van der Waals surface area contributed by atoms with Crippen LogP contribution in [0.2, 0.25) is 0 Å². The fourth-order valence-electron chi connectivity index (χ4n) is 2.21. The molecule has 6 heteroatoms. The van der Waals surface area contributed by atoms with Gasteiger partial charge in [0.05, 0.1) is 0 Å². The topological polar surface area (TPSA) is 72.8 Å². The molecule has 0 saturated heterocycles. The zero-order chi connectivity index (χ0) is 17.2. The summed E-state index contributed by atoms with van der Waals surface area (Å²) in [6.45, 7) is 7.42. The van der Waals surface area contributed by atoms with Crippen molar-refractivity contribution in [1.29, 1.82) is 0 Å². The van der Waals surface area contributed by atoms with Gasteiger partial charge in [0, 0.05) is 0 Å². The van der Waals surface area contributed by atoms with Crippen molar-refractivity contribution in [2.75, 3.05) is 0 Å².